The first-order valence-electron chi connectivity index (χ1n) is 8.33. The molecule has 2 heterocycles. The van der Waals surface area contributed by atoms with E-state index in [1.54, 1.807) is 4.90 Å². The molecule has 2 aliphatic heterocycles. The number of benzene rings is 1. The van der Waals surface area contributed by atoms with Crippen LogP contribution in [0.3, 0.4) is 0 Å². The molecule has 0 radical (unpaired) electrons. The van der Waals surface area contributed by atoms with Gasteiger partial charge in [-0.15, -0.1) is 0 Å². The molecule has 2 saturated heterocycles. The summed E-state index contributed by atoms with van der Waals surface area (Å²) in [5, 5.41) is 0. The standard InChI is InChI=1S/C18H24N2O2S/c1-13(2)14-3-5-16(6-4-14)20-12-15(11-17(20)21)18(22)19-7-9-23-10-8-19/h3-6,13,15H,7-12H2,1-2H3/t15-/m0/s1. The Hall–Kier alpha value is -1.49. The van der Waals surface area contributed by atoms with Crippen LogP contribution in [0.5, 0.6) is 0 Å². The molecule has 3 rings (SSSR count). The van der Waals surface area contributed by atoms with Crippen molar-refractivity contribution in [1.29, 1.82) is 0 Å². The summed E-state index contributed by atoms with van der Waals surface area (Å²) in [7, 11) is 0. The second kappa shape index (κ2) is 6.95. The van der Waals surface area contributed by atoms with E-state index in [9.17, 15) is 9.59 Å². The minimum absolute atomic E-state index is 0.0621. The maximum atomic E-state index is 12.6. The van der Waals surface area contributed by atoms with E-state index >= 15 is 0 Å². The highest BCUT2D eigenvalue weighted by Gasteiger charge is 2.37. The lowest BCUT2D eigenvalue weighted by molar-refractivity contribution is -0.135. The van der Waals surface area contributed by atoms with Crippen LogP contribution >= 0.6 is 11.8 Å². The van der Waals surface area contributed by atoms with E-state index in [4.69, 9.17) is 0 Å². The first-order valence-corrected chi connectivity index (χ1v) is 9.48. The Morgan fingerprint density at radius 2 is 1.83 bits per heavy atom. The predicted molar refractivity (Wildman–Crippen MR) is 94.9 cm³/mol. The molecule has 1 atom stereocenters. The van der Waals surface area contributed by atoms with E-state index in [-0.39, 0.29) is 17.7 Å². The van der Waals surface area contributed by atoms with E-state index in [1.165, 1.54) is 5.56 Å². The molecule has 23 heavy (non-hydrogen) atoms. The highest BCUT2D eigenvalue weighted by molar-refractivity contribution is 7.99. The first-order chi connectivity index (χ1) is 11.1. The first kappa shape index (κ1) is 16.4. The molecular formula is C18H24N2O2S. The predicted octanol–water partition coefficient (Wildman–Crippen LogP) is 2.74. The van der Waals surface area contributed by atoms with Crippen LogP contribution in [0.2, 0.25) is 0 Å². The molecule has 5 heteroatoms. The molecule has 1 aromatic rings. The topological polar surface area (TPSA) is 40.6 Å². The summed E-state index contributed by atoms with van der Waals surface area (Å²) in [5.41, 5.74) is 2.17. The second-order valence-corrected chi connectivity index (χ2v) is 7.81. The number of hydrogen-bond acceptors (Lipinski definition) is 3. The molecule has 0 aliphatic carbocycles. The van der Waals surface area contributed by atoms with E-state index < -0.39 is 0 Å². The zero-order chi connectivity index (χ0) is 16.4. The van der Waals surface area contributed by atoms with Gasteiger partial charge in [0.2, 0.25) is 11.8 Å². The van der Waals surface area contributed by atoms with Gasteiger partial charge in [0, 0.05) is 43.2 Å². The van der Waals surface area contributed by atoms with Crippen molar-refractivity contribution < 1.29 is 9.59 Å². The Labute approximate surface area is 142 Å². The van der Waals surface area contributed by atoms with Crippen LogP contribution in [0.4, 0.5) is 5.69 Å². The van der Waals surface area contributed by atoms with Crippen molar-refractivity contribution in [2.45, 2.75) is 26.2 Å². The average molecular weight is 332 g/mol. The van der Waals surface area contributed by atoms with Gasteiger partial charge in [0.15, 0.2) is 0 Å². The lowest BCUT2D eigenvalue weighted by Gasteiger charge is -2.28. The molecule has 2 fully saturated rings. The zero-order valence-electron chi connectivity index (χ0n) is 13.8. The Kier molecular flexibility index (Phi) is 4.95. The number of carbonyl (C=O) groups excluding carboxylic acids is 2. The monoisotopic (exact) mass is 332 g/mol. The molecule has 0 saturated carbocycles. The summed E-state index contributed by atoms with van der Waals surface area (Å²) in [4.78, 5) is 28.6. The molecular weight excluding hydrogens is 308 g/mol. The quantitative estimate of drug-likeness (QED) is 0.854. The van der Waals surface area contributed by atoms with Gasteiger partial charge in [-0.25, -0.2) is 0 Å². The van der Waals surface area contributed by atoms with Crippen LogP contribution in [0.15, 0.2) is 24.3 Å². The highest BCUT2D eigenvalue weighted by Crippen LogP contribution is 2.28. The summed E-state index contributed by atoms with van der Waals surface area (Å²) in [6.07, 6.45) is 0.342. The molecule has 124 valence electrons. The minimum Gasteiger partial charge on any atom is -0.341 e. The molecule has 1 aromatic carbocycles. The van der Waals surface area contributed by atoms with Gasteiger partial charge in [0.1, 0.15) is 0 Å². The van der Waals surface area contributed by atoms with Crippen LogP contribution in [0.25, 0.3) is 0 Å². The molecule has 0 unspecified atom stereocenters. The normalized spacial score (nSPS) is 22.0. The fourth-order valence-electron chi connectivity index (χ4n) is 3.20. The van der Waals surface area contributed by atoms with Gasteiger partial charge in [-0.1, -0.05) is 26.0 Å². The molecule has 0 N–H and O–H groups in total. The van der Waals surface area contributed by atoms with Crippen molar-refractivity contribution >= 4 is 29.3 Å². The van der Waals surface area contributed by atoms with Crippen molar-refractivity contribution in [3.05, 3.63) is 29.8 Å². The third kappa shape index (κ3) is 3.55. The number of nitrogens with zero attached hydrogens (tertiary/aromatic N) is 2. The second-order valence-electron chi connectivity index (χ2n) is 6.59. The zero-order valence-corrected chi connectivity index (χ0v) is 14.6. The van der Waals surface area contributed by atoms with E-state index in [0.29, 0.717) is 18.9 Å². The maximum absolute atomic E-state index is 12.6. The smallest absolute Gasteiger partial charge is 0.228 e. The Morgan fingerprint density at radius 3 is 2.43 bits per heavy atom. The summed E-state index contributed by atoms with van der Waals surface area (Å²) in [5.74, 6) is 2.52. The molecule has 0 aromatic heterocycles. The van der Waals surface area contributed by atoms with E-state index in [2.05, 4.69) is 26.0 Å². The summed E-state index contributed by atoms with van der Waals surface area (Å²) in [6, 6.07) is 8.14. The van der Waals surface area contributed by atoms with Crippen molar-refractivity contribution in [3.8, 4) is 0 Å². The summed E-state index contributed by atoms with van der Waals surface area (Å²) < 4.78 is 0. The lowest BCUT2D eigenvalue weighted by atomic mass is 10.0. The van der Waals surface area contributed by atoms with Gasteiger partial charge < -0.3 is 9.80 Å². The summed E-state index contributed by atoms with van der Waals surface area (Å²) in [6.45, 7) is 6.46. The lowest BCUT2D eigenvalue weighted by Crippen LogP contribution is -2.42. The van der Waals surface area contributed by atoms with Gasteiger partial charge in [0.05, 0.1) is 5.92 Å². The van der Waals surface area contributed by atoms with Crippen molar-refractivity contribution in [2.24, 2.45) is 5.92 Å². The largest absolute Gasteiger partial charge is 0.341 e. The van der Waals surface area contributed by atoms with Gasteiger partial charge in [-0.3, -0.25) is 9.59 Å². The number of anilines is 1. The van der Waals surface area contributed by atoms with Gasteiger partial charge in [-0.2, -0.15) is 11.8 Å². The van der Waals surface area contributed by atoms with Crippen LogP contribution in [-0.2, 0) is 9.59 Å². The summed E-state index contributed by atoms with van der Waals surface area (Å²) >= 11 is 1.89. The minimum atomic E-state index is -0.185. The third-order valence-electron chi connectivity index (χ3n) is 4.67. The Morgan fingerprint density at radius 1 is 1.17 bits per heavy atom. The molecule has 4 nitrogen and oxygen atoms in total. The molecule has 0 bridgehead atoms. The Bertz CT molecular complexity index is 579. The molecule has 2 amide bonds. The third-order valence-corrected chi connectivity index (χ3v) is 5.61. The van der Waals surface area contributed by atoms with Gasteiger partial charge >= 0.3 is 0 Å². The highest BCUT2D eigenvalue weighted by atomic mass is 32.2. The van der Waals surface area contributed by atoms with Crippen molar-refractivity contribution in [2.75, 3.05) is 36.0 Å². The van der Waals surface area contributed by atoms with Crippen molar-refractivity contribution in [1.82, 2.24) is 4.90 Å². The SMILES string of the molecule is CC(C)c1ccc(N2C[C@@H](C(=O)N3CCSCC3)CC2=O)cc1. The van der Waals surface area contributed by atoms with Crippen LogP contribution in [0, 0.1) is 5.92 Å². The Balaban J connectivity index is 1.68. The van der Waals surface area contributed by atoms with Crippen molar-refractivity contribution in [3.63, 3.8) is 0 Å². The van der Waals surface area contributed by atoms with Crippen LogP contribution in [-0.4, -0.2) is 47.9 Å². The van der Waals surface area contributed by atoms with Crippen LogP contribution < -0.4 is 4.90 Å². The van der Waals surface area contributed by atoms with Crippen LogP contribution in [0.1, 0.15) is 31.7 Å². The fourth-order valence-corrected chi connectivity index (χ4v) is 4.11. The van der Waals surface area contributed by atoms with Gasteiger partial charge in [0.25, 0.3) is 0 Å². The average Bonchev–Trinajstić information content (AvgIpc) is 2.97. The van der Waals surface area contributed by atoms with E-state index in [0.717, 1.165) is 30.3 Å². The number of hydrogen-bond donors (Lipinski definition) is 0. The number of carbonyl (C=O) groups is 2. The molecule has 2 aliphatic rings. The fraction of sp³-hybridized carbons (Fsp3) is 0.556. The molecule has 0 spiro atoms. The maximum Gasteiger partial charge on any atom is 0.228 e. The number of thioether (sulfide) groups is 1. The number of rotatable bonds is 3. The number of amides is 2. The van der Waals surface area contributed by atoms with E-state index in [1.807, 2.05) is 28.8 Å². The van der Waals surface area contributed by atoms with Gasteiger partial charge in [-0.05, 0) is 23.6 Å².